The molecule has 0 aliphatic heterocycles. The third-order valence-electron chi connectivity index (χ3n) is 7.50. The molecule has 0 radical (unpaired) electrons. The van der Waals surface area contributed by atoms with Crippen molar-refractivity contribution in [2.75, 3.05) is 21.7 Å². The van der Waals surface area contributed by atoms with E-state index >= 15 is 0 Å². The highest BCUT2D eigenvalue weighted by molar-refractivity contribution is 6.32. The Morgan fingerprint density at radius 2 is 0.937 bits per heavy atom. The molecule has 6 N–H and O–H groups in total. The summed E-state index contributed by atoms with van der Waals surface area (Å²) in [7, 11) is 0. The van der Waals surface area contributed by atoms with Gasteiger partial charge in [0.15, 0.2) is 0 Å². The number of benzene rings is 4. The lowest BCUT2D eigenvalue weighted by Gasteiger charge is -2.12. The smallest absolute Gasteiger partial charge is 0.417 e. The van der Waals surface area contributed by atoms with Gasteiger partial charge in [-0.05, 0) is 109 Å². The number of hydrogen-bond donors (Lipinski definition) is 5. The number of nitrogens with one attached hydrogen (secondary N) is 3. The van der Waals surface area contributed by atoms with Crippen molar-refractivity contribution < 1.29 is 60.1 Å². The quantitative estimate of drug-likeness (QED) is 0.0474. The van der Waals surface area contributed by atoms with Crippen LogP contribution in [0, 0.1) is 0 Å². The van der Waals surface area contributed by atoms with Gasteiger partial charge in [0.25, 0.3) is 0 Å². The van der Waals surface area contributed by atoms with E-state index in [9.17, 15) is 45.5 Å². The van der Waals surface area contributed by atoms with Gasteiger partial charge in [0.2, 0.25) is 17.7 Å². The fraction of sp³-hybridized carbons (Fsp3) is 0.0952. The number of ether oxygens (including phenoxy) is 2. The molecule has 0 fully saturated rings. The maximum absolute atomic E-state index is 12.9. The van der Waals surface area contributed by atoms with Crippen LogP contribution in [0.15, 0.2) is 134 Å². The maximum atomic E-state index is 12.9. The summed E-state index contributed by atoms with van der Waals surface area (Å²) >= 11 is 10.9. The van der Waals surface area contributed by atoms with E-state index in [0.29, 0.717) is 29.3 Å². The topological polar surface area (TPSA) is 195 Å². The van der Waals surface area contributed by atoms with Crippen molar-refractivity contribution in [3.8, 4) is 23.0 Å². The van der Waals surface area contributed by atoms with Gasteiger partial charge in [-0.15, -0.1) is 0 Å². The van der Waals surface area contributed by atoms with Gasteiger partial charge < -0.3 is 36.3 Å². The summed E-state index contributed by atoms with van der Waals surface area (Å²) in [6, 6.07) is 26.5. The molecule has 0 spiro atoms. The molecule has 4 aromatic carbocycles. The lowest BCUT2D eigenvalue weighted by atomic mass is 10.2. The summed E-state index contributed by atoms with van der Waals surface area (Å²) < 4.78 is 87.2. The zero-order valence-corrected chi connectivity index (χ0v) is 33.5. The molecular weight excluding hydrogens is 885 g/mol. The van der Waals surface area contributed by atoms with Gasteiger partial charge in [-0.25, -0.2) is 0 Å². The van der Waals surface area contributed by atoms with Gasteiger partial charge in [-0.2, -0.15) is 26.3 Å². The average molecular weight is 918 g/mol. The molecule has 0 atom stereocenters. The van der Waals surface area contributed by atoms with Crippen LogP contribution in [0.25, 0.3) is 0 Å². The molecule has 2 aromatic heterocycles. The number of carbonyl (C=O) groups is 4. The third kappa shape index (κ3) is 16.9. The van der Waals surface area contributed by atoms with Gasteiger partial charge in [-0.3, -0.25) is 29.1 Å². The molecule has 0 saturated carbocycles. The number of halogens is 8. The Bertz CT molecular complexity index is 2480. The highest BCUT2D eigenvalue weighted by atomic mass is 35.5. The zero-order chi connectivity index (χ0) is 46.2. The number of aromatic nitrogens is 2. The number of aliphatic carboxylic acids is 1. The first-order valence-electron chi connectivity index (χ1n) is 17.7. The zero-order valence-electron chi connectivity index (χ0n) is 32.0. The highest BCUT2D eigenvalue weighted by Gasteiger charge is 2.34. The van der Waals surface area contributed by atoms with Crippen LogP contribution in [0.2, 0.25) is 10.0 Å². The lowest BCUT2D eigenvalue weighted by Crippen LogP contribution is -2.21. The molecule has 0 bridgehead atoms. The van der Waals surface area contributed by atoms with Crippen molar-refractivity contribution in [3.05, 3.63) is 155 Å². The van der Waals surface area contributed by atoms with E-state index in [-0.39, 0.29) is 11.4 Å². The lowest BCUT2D eigenvalue weighted by molar-refractivity contribution is -0.140. The minimum Gasteiger partial charge on any atom is -0.481 e. The van der Waals surface area contributed by atoms with Crippen LogP contribution < -0.4 is 31.2 Å². The summed E-state index contributed by atoms with van der Waals surface area (Å²) in [5.74, 6) is -1.16. The number of hydrogen-bond acceptors (Lipinski definition) is 9. The maximum Gasteiger partial charge on any atom is 0.417 e. The molecule has 0 unspecified atom stereocenters. The normalized spacial score (nSPS) is 10.7. The van der Waals surface area contributed by atoms with Gasteiger partial charge in [-0.1, -0.05) is 23.2 Å². The summed E-state index contributed by atoms with van der Waals surface area (Å²) in [6.07, 6.45) is -4.20. The van der Waals surface area contributed by atoms with Crippen molar-refractivity contribution in [1.29, 1.82) is 0 Å². The van der Waals surface area contributed by atoms with E-state index in [2.05, 4.69) is 20.6 Å². The minimum absolute atomic E-state index is 0.119. The summed E-state index contributed by atoms with van der Waals surface area (Å²) in [5.41, 5.74) is 4.23. The molecule has 6 rings (SSSR count). The first-order valence-corrected chi connectivity index (χ1v) is 18.5. The van der Waals surface area contributed by atoms with Crippen molar-refractivity contribution in [3.63, 3.8) is 0 Å². The third-order valence-corrected chi connectivity index (χ3v) is 8.16. The van der Waals surface area contributed by atoms with E-state index in [0.717, 1.165) is 35.4 Å². The number of nitrogen functional groups attached to an aromatic ring is 1. The van der Waals surface area contributed by atoms with E-state index in [4.69, 9.17) is 43.5 Å². The molecule has 13 nitrogen and oxygen atoms in total. The summed E-state index contributed by atoms with van der Waals surface area (Å²) in [5, 5.41) is 14.2. The van der Waals surface area contributed by atoms with E-state index in [1.807, 2.05) is 29.6 Å². The molecule has 2 heterocycles. The Labute approximate surface area is 363 Å². The SMILES string of the molecule is Nc1ccc(Oc2cccnc2)cc1.O=C(CC(=O)Nc1ccc(Cl)c(C(F)(F)F)c1)Nc1ccc(Oc2cccnc2)cc1.O=C(O)CC(=O)Nc1ccc(Cl)c(C(F)(F)F)c1. The van der Waals surface area contributed by atoms with Crippen molar-refractivity contribution in [1.82, 2.24) is 9.97 Å². The fourth-order valence-corrected chi connectivity index (χ4v) is 5.22. The largest absolute Gasteiger partial charge is 0.481 e. The molecule has 6 aromatic rings. The number of rotatable bonds is 11. The van der Waals surface area contributed by atoms with Gasteiger partial charge in [0, 0.05) is 35.1 Å². The molecule has 0 aliphatic carbocycles. The van der Waals surface area contributed by atoms with Crippen LogP contribution in [-0.2, 0) is 31.5 Å². The van der Waals surface area contributed by atoms with Crippen molar-refractivity contribution >= 4 is 69.6 Å². The predicted molar refractivity (Wildman–Crippen MR) is 222 cm³/mol. The Hall–Kier alpha value is -7.38. The van der Waals surface area contributed by atoms with E-state index in [1.54, 1.807) is 73.3 Å². The van der Waals surface area contributed by atoms with Crippen LogP contribution in [0.4, 0.5) is 49.1 Å². The Morgan fingerprint density at radius 3 is 1.32 bits per heavy atom. The van der Waals surface area contributed by atoms with E-state index in [1.165, 1.54) is 6.07 Å². The van der Waals surface area contributed by atoms with Crippen LogP contribution in [0.5, 0.6) is 23.0 Å². The van der Waals surface area contributed by atoms with Crippen molar-refractivity contribution in [2.24, 2.45) is 0 Å². The number of pyridine rings is 2. The number of carbonyl (C=O) groups excluding carboxylic acids is 3. The van der Waals surface area contributed by atoms with Gasteiger partial charge in [0.05, 0.1) is 33.6 Å². The van der Waals surface area contributed by atoms with Gasteiger partial charge in [0.1, 0.15) is 35.8 Å². The second kappa shape index (κ2) is 22.5. The highest BCUT2D eigenvalue weighted by Crippen LogP contribution is 2.37. The predicted octanol–water partition coefficient (Wildman–Crippen LogP) is 10.7. The number of nitrogens with zero attached hydrogens (tertiary/aromatic N) is 2. The number of carboxylic acid groups (broad SMARTS) is 1. The van der Waals surface area contributed by atoms with Crippen molar-refractivity contribution in [2.45, 2.75) is 25.2 Å². The first kappa shape index (κ1) is 48.3. The Kier molecular flexibility index (Phi) is 17.2. The molecule has 3 amide bonds. The van der Waals surface area contributed by atoms with Crippen LogP contribution in [0.1, 0.15) is 24.0 Å². The minimum atomic E-state index is -4.66. The van der Waals surface area contributed by atoms with Crippen LogP contribution in [-0.4, -0.2) is 38.8 Å². The second-order valence-corrected chi connectivity index (χ2v) is 13.3. The monoisotopic (exact) mass is 916 g/mol. The van der Waals surface area contributed by atoms with Crippen LogP contribution >= 0.6 is 23.2 Å². The summed E-state index contributed by atoms with van der Waals surface area (Å²) in [6.45, 7) is 0. The number of anilines is 4. The molecule has 0 aliphatic rings. The van der Waals surface area contributed by atoms with Gasteiger partial charge >= 0.3 is 18.3 Å². The summed E-state index contributed by atoms with van der Waals surface area (Å²) in [4.78, 5) is 53.2. The molecular formula is C42H32Cl2F6N6O7. The number of nitrogens with two attached hydrogens (primary N) is 1. The fourth-order valence-electron chi connectivity index (χ4n) is 4.77. The number of alkyl halides is 6. The molecule has 0 saturated heterocycles. The van der Waals surface area contributed by atoms with E-state index < -0.39 is 70.1 Å². The second-order valence-electron chi connectivity index (χ2n) is 12.5. The molecule has 328 valence electrons. The Balaban J connectivity index is 0.000000229. The standard InChI is InChI=1S/C21H15ClF3N3O3.C11H10N2O.C10H7ClF3NO3/c22-18-8-5-14(10-17(18)21(23,24)25)28-20(30)11-19(29)27-13-3-6-15(7-4-13)31-16-2-1-9-26-12-16;12-9-3-5-10(6-4-9)14-11-2-1-7-13-8-11;11-7-2-1-5(3-6(7)10(12,13)14)15-8(16)4-9(17)18/h1-10,12H,11H2,(H,27,29)(H,28,30);1-8H,12H2;1-3H,4H2,(H,15,16)(H,17,18). The number of amides is 3. The average Bonchev–Trinajstić information content (AvgIpc) is 3.21. The van der Waals surface area contributed by atoms with Crippen LogP contribution in [0.3, 0.4) is 0 Å². The number of carboxylic acids is 1. The first-order chi connectivity index (χ1) is 29.7. The molecule has 63 heavy (non-hydrogen) atoms. The molecule has 21 heteroatoms. The Morgan fingerprint density at radius 1 is 0.556 bits per heavy atom.